The molecule has 0 atom stereocenters. The first-order valence-corrected chi connectivity index (χ1v) is 7.63. The second kappa shape index (κ2) is 8.16. The lowest BCUT2D eigenvalue weighted by Crippen LogP contribution is -2.01. The highest BCUT2D eigenvalue weighted by Crippen LogP contribution is 2.33. The van der Waals surface area contributed by atoms with Gasteiger partial charge in [0.15, 0.2) is 5.57 Å². The van der Waals surface area contributed by atoms with E-state index >= 15 is 0 Å². The smallest absolute Gasteiger partial charge is 0.272 e. The van der Waals surface area contributed by atoms with Gasteiger partial charge in [0.2, 0.25) is 0 Å². The first-order chi connectivity index (χ1) is 12.1. The monoisotopic (exact) mass is 347 g/mol. The highest BCUT2D eigenvalue weighted by atomic mass is 32.2. The van der Waals surface area contributed by atoms with E-state index in [1.165, 1.54) is 23.9 Å². The molecule has 7 nitrogen and oxygen atoms in total. The molecule has 0 amide bonds. The van der Waals surface area contributed by atoms with Crippen molar-refractivity contribution < 1.29 is 4.92 Å². The van der Waals surface area contributed by atoms with Gasteiger partial charge in [-0.2, -0.15) is 15.8 Å². The fraction of sp³-hybridized carbons (Fsp3) is 0. The molecule has 0 heterocycles. The molecule has 0 aromatic heterocycles. The number of nitriles is 3. The molecule has 8 heteroatoms. The van der Waals surface area contributed by atoms with E-state index in [-0.39, 0.29) is 17.1 Å². The summed E-state index contributed by atoms with van der Waals surface area (Å²) in [5.41, 5.74) is -0.587. The van der Waals surface area contributed by atoms with E-state index in [0.717, 1.165) is 4.90 Å². The van der Waals surface area contributed by atoms with Gasteiger partial charge in [0.05, 0.1) is 4.92 Å². The fourth-order valence-corrected chi connectivity index (χ4v) is 2.80. The van der Waals surface area contributed by atoms with Crippen LogP contribution in [0.5, 0.6) is 0 Å². The van der Waals surface area contributed by atoms with Gasteiger partial charge in [-0.25, -0.2) is 0 Å². The second-order valence-electron chi connectivity index (χ2n) is 4.60. The topological polar surface area (TPSA) is 127 Å². The molecule has 2 aromatic carbocycles. The summed E-state index contributed by atoms with van der Waals surface area (Å²) in [6, 6.07) is 18.5. The van der Waals surface area contributed by atoms with Crippen LogP contribution in [-0.2, 0) is 0 Å². The standard InChI is InChI=1S/C17H9N5O2S/c18-9-12(10-19)17(11-20)21-13-6-14(22(23)24)8-16(7-13)25-15-4-2-1-3-5-15/h1-8,21H. The number of hydrogen-bond donors (Lipinski definition) is 1. The molecule has 2 rings (SSSR count). The van der Waals surface area contributed by atoms with Crippen LogP contribution in [0.25, 0.3) is 0 Å². The van der Waals surface area contributed by atoms with Crippen LogP contribution in [0.3, 0.4) is 0 Å². The first kappa shape index (κ1) is 17.6. The molecule has 25 heavy (non-hydrogen) atoms. The van der Waals surface area contributed by atoms with Crippen molar-refractivity contribution in [1.82, 2.24) is 0 Å². The Morgan fingerprint density at radius 1 is 1.00 bits per heavy atom. The number of nitrogens with zero attached hydrogens (tertiary/aromatic N) is 4. The largest absolute Gasteiger partial charge is 0.345 e. The lowest BCUT2D eigenvalue weighted by molar-refractivity contribution is -0.385. The van der Waals surface area contributed by atoms with Gasteiger partial charge in [-0.1, -0.05) is 30.0 Å². The quantitative estimate of drug-likeness (QED) is 0.492. The SMILES string of the molecule is N#CC(C#N)=C(C#N)Nc1cc(Sc2ccccc2)cc([N+](=O)[O-])c1. The predicted octanol–water partition coefficient (Wildman–Crippen LogP) is 3.98. The number of hydrogen-bond acceptors (Lipinski definition) is 7. The van der Waals surface area contributed by atoms with Crippen molar-refractivity contribution in [2.45, 2.75) is 9.79 Å². The van der Waals surface area contributed by atoms with Crippen molar-refractivity contribution in [3.8, 4) is 18.2 Å². The van der Waals surface area contributed by atoms with Gasteiger partial charge in [0.1, 0.15) is 23.9 Å². The number of nitro benzene ring substituents is 1. The van der Waals surface area contributed by atoms with Crippen molar-refractivity contribution in [3.05, 3.63) is 69.9 Å². The molecule has 2 aromatic rings. The molecule has 0 saturated heterocycles. The van der Waals surface area contributed by atoms with Crippen LogP contribution in [0.2, 0.25) is 0 Å². The summed E-state index contributed by atoms with van der Waals surface area (Å²) in [6.07, 6.45) is 0. The van der Waals surface area contributed by atoms with Crippen molar-refractivity contribution >= 4 is 23.1 Å². The normalized spacial score (nSPS) is 9.16. The first-order valence-electron chi connectivity index (χ1n) is 6.81. The van der Waals surface area contributed by atoms with Gasteiger partial charge in [-0.15, -0.1) is 0 Å². The molecule has 0 fully saturated rings. The number of non-ortho nitro benzene ring substituents is 1. The molecule has 0 spiro atoms. The fourth-order valence-electron chi connectivity index (χ4n) is 1.87. The number of rotatable bonds is 5. The summed E-state index contributed by atoms with van der Waals surface area (Å²) in [5, 5.41) is 40.6. The predicted molar refractivity (Wildman–Crippen MR) is 91.1 cm³/mol. The van der Waals surface area contributed by atoms with Crippen LogP contribution in [0.1, 0.15) is 0 Å². The van der Waals surface area contributed by atoms with Crippen LogP contribution >= 0.6 is 11.8 Å². The lowest BCUT2D eigenvalue weighted by atomic mass is 10.2. The molecule has 0 unspecified atom stereocenters. The molecule has 120 valence electrons. The lowest BCUT2D eigenvalue weighted by Gasteiger charge is -2.08. The Balaban J connectivity index is 2.44. The minimum Gasteiger partial charge on any atom is -0.345 e. The van der Waals surface area contributed by atoms with Crippen molar-refractivity contribution in [1.29, 1.82) is 15.8 Å². The van der Waals surface area contributed by atoms with Gasteiger partial charge in [-0.05, 0) is 18.2 Å². The van der Waals surface area contributed by atoms with E-state index in [1.807, 2.05) is 30.3 Å². The van der Waals surface area contributed by atoms with E-state index in [0.29, 0.717) is 4.90 Å². The van der Waals surface area contributed by atoms with Gasteiger partial charge >= 0.3 is 0 Å². The molecule has 0 bridgehead atoms. The average Bonchev–Trinajstić information content (AvgIpc) is 2.62. The van der Waals surface area contributed by atoms with Crippen LogP contribution in [0.4, 0.5) is 11.4 Å². The Labute approximate surface area is 147 Å². The highest BCUT2D eigenvalue weighted by Gasteiger charge is 2.13. The summed E-state index contributed by atoms with van der Waals surface area (Å²) in [6.45, 7) is 0. The molecule has 0 aliphatic rings. The number of nitro groups is 1. The van der Waals surface area contributed by atoms with Crippen molar-refractivity contribution in [2.24, 2.45) is 0 Å². The third-order valence-electron chi connectivity index (χ3n) is 2.94. The third-order valence-corrected chi connectivity index (χ3v) is 3.92. The van der Waals surface area contributed by atoms with Gasteiger partial charge in [0, 0.05) is 27.6 Å². The summed E-state index contributed by atoms with van der Waals surface area (Å²) < 4.78 is 0. The summed E-state index contributed by atoms with van der Waals surface area (Å²) in [4.78, 5) is 12.1. The zero-order chi connectivity index (χ0) is 18.2. The molecule has 0 radical (unpaired) electrons. The molecule has 1 N–H and O–H groups in total. The van der Waals surface area contributed by atoms with Crippen LogP contribution < -0.4 is 5.32 Å². The Kier molecular flexibility index (Phi) is 5.73. The molecule has 0 aliphatic heterocycles. The summed E-state index contributed by atoms with van der Waals surface area (Å²) >= 11 is 1.31. The zero-order valence-electron chi connectivity index (χ0n) is 12.6. The highest BCUT2D eigenvalue weighted by molar-refractivity contribution is 7.99. The Morgan fingerprint density at radius 3 is 2.24 bits per heavy atom. The van der Waals surface area contributed by atoms with Gasteiger partial charge in [0.25, 0.3) is 5.69 Å². The van der Waals surface area contributed by atoms with E-state index in [1.54, 1.807) is 24.3 Å². The van der Waals surface area contributed by atoms with Crippen molar-refractivity contribution in [2.75, 3.05) is 5.32 Å². The maximum absolute atomic E-state index is 11.1. The second-order valence-corrected chi connectivity index (χ2v) is 5.75. The number of nitrogens with one attached hydrogen (secondary N) is 1. The molecular weight excluding hydrogens is 338 g/mol. The minimum atomic E-state index is -0.550. The van der Waals surface area contributed by atoms with E-state index in [9.17, 15) is 10.1 Å². The van der Waals surface area contributed by atoms with E-state index in [4.69, 9.17) is 15.8 Å². The number of benzene rings is 2. The number of anilines is 1. The number of allylic oxidation sites excluding steroid dienone is 2. The van der Waals surface area contributed by atoms with Crippen LogP contribution in [0.15, 0.2) is 69.6 Å². The van der Waals surface area contributed by atoms with Gasteiger partial charge < -0.3 is 5.32 Å². The third kappa shape index (κ3) is 4.59. The van der Waals surface area contributed by atoms with Gasteiger partial charge in [-0.3, -0.25) is 10.1 Å². The molecule has 0 aliphatic carbocycles. The maximum atomic E-state index is 11.1. The summed E-state index contributed by atoms with van der Waals surface area (Å²) in [7, 11) is 0. The molecular formula is C17H9N5O2S. The maximum Gasteiger partial charge on any atom is 0.272 e. The Bertz CT molecular complexity index is 949. The van der Waals surface area contributed by atoms with E-state index < -0.39 is 10.5 Å². The Morgan fingerprint density at radius 2 is 1.68 bits per heavy atom. The molecule has 0 saturated carbocycles. The summed E-state index contributed by atoms with van der Waals surface area (Å²) in [5.74, 6) is 0. The average molecular weight is 347 g/mol. The van der Waals surface area contributed by atoms with Crippen molar-refractivity contribution in [3.63, 3.8) is 0 Å². The minimum absolute atomic E-state index is 0.170. The van der Waals surface area contributed by atoms with Crippen LogP contribution in [0, 0.1) is 44.1 Å². The van der Waals surface area contributed by atoms with Crippen LogP contribution in [-0.4, -0.2) is 4.92 Å². The zero-order valence-corrected chi connectivity index (χ0v) is 13.4. The Hall–Kier alpha value is -3.80. The van der Waals surface area contributed by atoms with E-state index in [2.05, 4.69) is 5.32 Å².